The molecule has 108 valence electrons. The van der Waals surface area contributed by atoms with E-state index in [0.29, 0.717) is 18.0 Å². The van der Waals surface area contributed by atoms with Gasteiger partial charge in [0.05, 0.1) is 5.75 Å². The predicted molar refractivity (Wildman–Crippen MR) is 86.8 cm³/mol. The lowest BCUT2D eigenvalue weighted by Crippen LogP contribution is -2.15. The number of aromatic nitrogens is 1. The minimum absolute atomic E-state index is 0.155. The lowest BCUT2D eigenvalue weighted by atomic mass is 10.1. The molecule has 0 saturated heterocycles. The molecule has 0 aliphatic carbocycles. The van der Waals surface area contributed by atoms with Crippen molar-refractivity contribution in [3.8, 4) is 0 Å². The molecular weight excluding hydrogens is 292 g/mol. The summed E-state index contributed by atoms with van der Waals surface area (Å²) in [5.41, 5.74) is 7.48. The Morgan fingerprint density at radius 1 is 1.30 bits per heavy atom. The fraction of sp³-hybridized carbons (Fsp3) is 0.357. The Kier molecular flexibility index (Phi) is 4.45. The van der Waals surface area contributed by atoms with Gasteiger partial charge in [-0.15, -0.1) is 0 Å². The summed E-state index contributed by atoms with van der Waals surface area (Å²) in [6, 6.07) is 7.64. The van der Waals surface area contributed by atoms with E-state index in [1.165, 1.54) is 0 Å². The number of hydrogen-bond donors (Lipinski definition) is 1. The zero-order valence-corrected chi connectivity index (χ0v) is 13.0. The maximum atomic E-state index is 11.8. The van der Waals surface area contributed by atoms with Crippen LogP contribution in [-0.4, -0.2) is 29.5 Å². The first kappa shape index (κ1) is 15.0. The molecule has 2 aromatic rings. The van der Waals surface area contributed by atoms with Crippen LogP contribution in [0.15, 0.2) is 30.5 Å². The zero-order chi connectivity index (χ0) is 14.8. The Hall–Kier alpha value is -1.40. The van der Waals surface area contributed by atoms with Crippen LogP contribution in [-0.2, 0) is 16.4 Å². The van der Waals surface area contributed by atoms with Gasteiger partial charge in [0.25, 0.3) is 0 Å². The van der Waals surface area contributed by atoms with Gasteiger partial charge in [0.1, 0.15) is 4.99 Å². The SMILES string of the molecule is CCCS(=O)(=O)CCn1ccc2c(C(N)=S)cccc21. The number of fused-ring (bicyclic) bond motifs is 1. The van der Waals surface area contributed by atoms with Gasteiger partial charge in [0.15, 0.2) is 9.84 Å². The summed E-state index contributed by atoms with van der Waals surface area (Å²) in [7, 11) is -2.97. The average Bonchev–Trinajstić information content (AvgIpc) is 2.79. The van der Waals surface area contributed by atoms with Crippen LogP contribution in [0.1, 0.15) is 18.9 Å². The van der Waals surface area contributed by atoms with E-state index in [0.717, 1.165) is 16.5 Å². The van der Waals surface area contributed by atoms with Crippen molar-refractivity contribution < 1.29 is 8.42 Å². The van der Waals surface area contributed by atoms with Crippen LogP contribution in [0.2, 0.25) is 0 Å². The second-order valence-electron chi connectivity index (χ2n) is 4.76. The van der Waals surface area contributed by atoms with Crippen LogP contribution in [0, 0.1) is 0 Å². The second-order valence-corrected chi connectivity index (χ2v) is 7.51. The van der Waals surface area contributed by atoms with Gasteiger partial charge < -0.3 is 10.3 Å². The van der Waals surface area contributed by atoms with Crippen LogP contribution in [0.5, 0.6) is 0 Å². The normalized spacial score (nSPS) is 11.8. The lowest BCUT2D eigenvalue weighted by Gasteiger charge is -2.07. The van der Waals surface area contributed by atoms with Crippen LogP contribution >= 0.6 is 12.2 Å². The van der Waals surface area contributed by atoms with Crippen molar-refractivity contribution in [1.29, 1.82) is 0 Å². The van der Waals surface area contributed by atoms with E-state index in [4.69, 9.17) is 18.0 Å². The summed E-state index contributed by atoms with van der Waals surface area (Å²) in [6.07, 6.45) is 2.54. The molecular formula is C14H18N2O2S2. The fourth-order valence-electron chi connectivity index (χ4n) is 2.28. The first-order valence-corrected chi connectivity index (χ1v) is 8.75. The number of nitrogens with zero attached hydrogens (tertiary/aromatic N) is 1. The number of nitrogens with two attached hydrogens (primary N) is 1. The number of hydrogen-bond acceptors (Lipinski definition) is 3. The highest BCUT2D eigenvalue weighted by atomic mass is 32.2. The topological polar surface area (TPSA) is 65.1 Å². The third kappa shape index (κ3) is 3.19. The molecule has 0 radical (unpaired) electrons. The van der Waals surface area contributed by atoms with Crippen molar-refractivity contribution in [1.82, 2.24) is 4.57 Å². The molecule has 6 heteroatoms. The molecule has 0 fully saturated rings. The Bertz CT molecular complexity index is 733. The molecule has 2 rings (SSSR count). The van der Waals surface area contributed by atoms with E-state index in [2.05, 4.69) is 0 Å². The number of rotatable bonds is 6. The first-order valence-electron chi connectivity index (χ1n) is 6.52. The monoisotopic (exact) mass is 310 g/mol. The minimum Gasteiger partial charge on any atom is -0.389 e. The molecule has 4 nitrogen and oxygen atoms in total. The largest absolute Gasteiger partial charge is 0.389 e. The summed E-state index contributed by atoms with van der Waals surface area (Å²) in [5.74, 6) is 0.395. The van der Waals surface area contributed by atoms with Crippen molar-refractivity contribution in [2.75, 3.05) is 11.5 Å². The number of benzene rings is 1. The van der Waals surface area contributed by atoms with Gasteiger partial charge in [0, 0.05) is 35.0 Å². The zero-order valence-electron chi connectivity index (χ0n) is 11.4. The van der Waals surface area contributed by atoms with Crippen LogP contribution in [0.25, 0.3) is 10.9 Å². The van der Waals surface area contributed by atoms with E-state index in [1.54, 1.807) is 0 Å². The van der Waals surface area contributed by atoms with Gasteiger partial charge in [-0.1, -0.05) is 31.3 Å². The van der Waals surface area contributed by atoms with Gasteiger partial charge in [-0.3, -0.25) is 0 Å². The van der Waals surface area contributed by atoms with Gasteiger partial charge in [-0.05, 0) is 18.6 Å². The molecule has 20 heavy (non-hydrogen) atoms. The number of aryl methyl sites for hydroxylation is 1. The Labute approximate surface area is 124 Å². The molecule has 1 heterocycles. The van der Waals surface area contributed by atoms with Crippen molar-refractivity contribution >= 4 is 37.9 Å². The van der Waals surface area contributed by atoms with Crippen LogP contribution < -0.4 is 5.73 Å². The minimum atomic E-state index is -2.97. The molecule has 1 aromatic heterocycles. The van der Waals surface area contributed by atoms with Crippen molar-refractivity contribution in [3.05, 3.63) is 36.0 Å². The van der Waals surface area contributed by atoms with Crippen molar-refractivity contribution in [3.63, 3.8) is 0 Å². The third-order valence-electron chi connectivity index (χ3n) is 3.24. The lowest BCUT2D eigenvalue weighted by molar-refractivity contribution is 0.588. The van der Waals surface area contributed by atoms with Crippen molar-refractivity contribution in [2.45, 2.75) is 19.9 Å². The van der Waals surface area contributed by atoms with Crippen LogP contribution in [0.3, 0.4) is 0 Å². The van der Waals surface area contributed by atoms with E-state index in [9.17, 15) is 8.42 Å². The summed E-state index contributed by atoms with van der Waals surface area (Å²) < 4.78 is 25.5. The first-order chi connectivity index (χ1) is 9.44. The maximum absolute atomic E-state index is 11.8. The van der Waals surface area contributed by atoms with Crippen LogP contribution in [0.4, 0.5) is 0 Å². The molecule has 0 atom stereocenters. The van der Waals surface area contributed by atoms with Gasteiger partial charge >= 0.3 is 0 Å². The highest BCUT2D eigenvalue weighted by Crippen LogP contribution is 2.20. The predicted octanol–water partition coefficient (Wildman–Crippen LogP) is 2.10. The third-order valence-corrected chi connectivity index (χ3v) is 5.29. The van der Waals surface area contributed by atoms with E-state index in [-0.39, 0.29) is 11.5 Å². The quantitative estimate of drug-likeness (QED) is 0.830. The molecule has 2 N–H and O–H groups in total. The smallest absolute Gasteiger partial charge is 0.152 e. The standard InChI is InChI=1S/C14H18N2O2S2/c1-2-9-20(17,18)10-8-16-7-6-11-12(14(15)19)4-3-5-13(11)16/h3-7H,2,8-10H2,1H3,(H2,15,19). The molecule has 0 spiro atoms. The molecule has 0 saturated carbocycles. The Morgan fingerprint density at radius 2 is 2.05 bits per heavy atom. The van der Waals surface area contributed by atoms with Gasteiger partial charge in [-0.25, -0.2) is 8.42 Å². The van der Waals surface area contributed by atoms with E-state index in [1.807, 2.05) is 42.0 Å². The molecule has 0 aliphatic rings. The Morgan fingerprint density at radius 3 is 2.70 bits per heavy atom. The highest BCUT2D eigenvalue weighted by molar-refractivity contribution is 7.91. The fourth-order valence-corrected chi connectivity index (χ4v) is 3.76. The summed E-state index contributed by atoms with van der Waals surface area (Å²) in [5, 5.41) is 0.966. The molecule has 1 aromatic carbocycles. The van der Waals surface area contributed by atoms with E-state index >= 15 is 0 Å². The number of sulfone groups is 1. The summed E-state index contributed by atoms with van der Waals surface area (Å²) >= 11 is 5.03. The van der Waals surface area contributed by atoms with Crippen molar-refractivity contribution in [2.24, 2.45) is 5.73 Å². The Balaban J connectivity index is 2.29. The summed E-state index contributed by atoms with van der Waals surface area (Å²) in [4.78, 5) is 0.354. The van der Waals surface area contributed by atoms with Gasteiger partial charge in [-0.2, -0.15) is 0 Å². The molecule has 0 unspecified atom stereocenters. The number of thiocarbonyl (C=S) groups is 1. The maximum Gasteiger partial charge on any atom is 0.152 e. The van der Waals surface area contributed by atoms with E-state index < -0.39 is 9.84 Å². The van der Waals surface area contributed by atoms with Gasteiger partial charge in [0.2, 0.25) is 0 Å². The molecule has 0 amide bonds. The summed E-state index contributed by atoms with van der Waals surface area (Å²) in [6.45, 7) is 2.32. The second kappa shape index (κ2) is 5.93. The molecule has 0 bridgehead atoms. The average molecular weight is 310 g/mol. The highest BCUT2D eigenvalue weighted by Gasteiger charge is 2.12. The molecule has 0 aliphatic heterocycles.